The summed E-state index contributed by atoms with van der Waals surface area (Å²) >= 11 is 5.20. The van der Waals surface area contributed by atoms with Crippen LogP contribution in [0, 0.1) is 0 Å². The zero-order valence-electron chi connectivity index (χ0n) is 8.07. The van der Waals surface area contributed by atoms with Crippen molar-refractivity contribution >= 4 is 17.2 Å². The average molecular weight is 206 g/mol. The Morgan fingerprint density at radius 3 is 2.64 bits per heavy atom. The minimum absolute atomic E-state index is 0.0659. The Kier molecular flexibility index (Phi) is 2.50. The Hall–Kier alpha value is -0.960. The molecule has 0 bridgehead atoms. The number of thiocarbonyl (C=S) groups is 1. The van der Waals surface area contributed by atoms with Gasteiger partial charge in [0.1, 0.15) is 0 Å². The molecule has 1 saturated carbocycles. The highest BCUT2D eigenvalue weighted by Gasteiger charge is 2.38. The Balaban J connectivity index is 2.42. The highest BCUT2D eigenvalue weighted by atomic mass is 32.1. The van der Waals surface area contributed by atoms with Gasteiger partial charge in [0, 0.05) is 17.8 Å². The van der Waals surface area contributed by atoms with Crippen molar-refractivity contribution in [1.82, 2.24) is 4.98 Å². The van der Waals surface area contributed by atoms with E-state index in [0.29, 0.717) is 4.99 Å². The lowest BCUT2D eigenvalue weighted by atomic mass is 9.80. The fourth-order valence-electron chi connectivity index (χ4n) is 2.30. The molecule has 1 aliphatic rings. The van der Waals surface area contributed by atoms with E-state index >= 15 is 0 Å². The third-order valence-electron chi connectivity index (χ3n) is 3.14. The van der Waals surface area contributed by atoms with E-state index in [2.05, 4.69) is 11.1 Å². The molecule has 0 spiro atoms. The second-order valence-corrected chi connectivity index (χ2v) is 4.33. The molecule has 2 rings (SSSR count). The largest absolute Gasteiger partial charge is 0.393 e. The van der Waals surface area contributed by atoms with Crippen LogP contribution in [0.3, 0.4) is 0 Å². The van der Waals surface area contributed by atoms with Crippen molar-refractivity contribution in [3.63, 3.8) is 0 Å². The van der Waals surface area contributed by atoms with Crippen LogP contribution in [-0.2, 0) is 5.41 Å². The van der Waals surface area contributed by atoms with Gasteiger partial charge in [-0.15, -0.1) is 0 Å². The summed E-state index contributed by atoms with van der Waals surface area (Å²) in [5, 5.41) is 0. The molecule has 1 aliphatic carbocycles. The molecule has 2 nitrogen and oxygen atoms in total. The minimum Gasteiger partial charge on any atom is -0.393 e. The Bertz CT molecular complexity index is 328. The predicted molar refractivity (Wildman–Crippen MR) is 61.2 cm³/mol. The molecule has 0 aliphatic heterocycles. The van der Waals surface area contributed by atoms with Gasteiger partial charge in [-0.1, -0.05) is 31.1 Å². The predicted octanol–water partition coefficient (Wildman–Crippen LogP) is 2.18. The maximum absolute atomic E-state index is 5.87. The minimum atomic E-state index is -0.0659. The van der Waals surface area contributed by atoms with E-state index in [1.165, 1.54) is 18.4 Å². The first-order valence-corrected chi connectivity index (χ1v) is 5.37. The smallest absolute Gasteiger partial charge is 0.0835 e. The molecule has 0 saturated heterocycles. The normalized spacial score (nSPS) is 19.4. The van der Waals surface area contributed by atoms with Crippen LogP contribution in [0.1, 0.15) is 31.2 Å². The van der Waals surface area contributed by atoms with E-state index in [1.807, 2.05) is 12.3 Å². The van der Waals surface area contributed by atoms with Gasteiger partial charge in [0.25, 0.3) is 0 Å². The van der Waals surface area contributed by atoms with Gasteiger partial charge in [0.05, 0.1) is 4.99 Å². The molecule has 1 aromatic heterocycles. The van der Waals surface area contributed by atoms with Crippen LogP contribution in [0.2, 0.25) is 0 Å². The lowest BCUT2D eigenvalue weighted by molar-refractivity contribution is 0.599. The maximum atomic E-state index is 5.87. The van der Waals surface area contributed by atoms with Gasteiger partial charge in [-0.25, -0.2) is 0 Å². The highest BCUT2D eigenvalue weighted by molar-refractivity contribution is 7.80. The molecule has 0 aromatic carbocycles. The fourth-order valence-corrected chi connectivity index (χ4v) is 2.62. The zero-order chi connectivity index (χ0) is 10.0. The molecular weight excluding hydrogens is 192 g/mol. The first kappa shape index (κ1) is 9.59. The number of hydrogen-bond acceptors (Lipinski definition) is 2. The van der Waals surface area contributed by atoms with Crippen LogP contribution in [0.15, 0.2) is 24.5 Å². The second kappa shape index (κ2) is 3.65. The molecule has 1 fully saturated rings. The van der Waals surface area contributed by atoms with Crippen LogP contribution in [0.4, 0.5) is 0 Å². The first-order chi connectivity index (χ1) is 6.76. The quantitative estimate of drug-likeness (QED) is 0.754. The molecule has 1 heterocycles. The SMILES string of the molecule is NC(=S)C1(c2cccnc2)CCCC1. The summed E-state index contributed by atoms with van der Waals surface area (Å²) in [6.07, 6.45) is 8.26. The van der Waals surface area contributed by atoms with Crippen molar-refractivity contribution in [2.45, 2.75) is 31.1 Å². The van der Waals surface area contributed by atoms with Gasteiger partial charge >= 0.3 is 0 Å². The van der Waals surface area contributed by atoms with Crippen LogP contribution >= 0.6 is 12.2 Å². The van der Waals surface area contributed by atoms with Crippen molar-refractivity contribution in [1.29, 1.82) is 0 Å². The van der Waals surface area contributed by atoms with E-state index in [0.717, 1.165) is 12.8 Å². The summed E-state index contributed by atoms with van der Waals surface area (Å²) in [4.78, 5) is 4.77. The third kappa shape index (κ3) is 1.42. The number of nitrogens with zero attached hydrogens (tertiary/aromatic N) is 1. The Morgan fingerprint density at radius 1 is 1.43 bits per heavy atom. The molecule has 1 aromatic rings. The van der Waals surface area contributed by atoms with Gasteiger partial charge in [0.15, 0.2) is 0 Å². The molecular formula is C11H14N2S. The van der Waals surface area contributed by atoms with Gasteiger partial charge in [-0.05, 0) is 24.5 Å². The summed E-state index contributed by atoms with van der Waals surface area (Å²) in [6.45, 7) is 0. The highest BCUT2D eigenvalue weighted by Crippen LogP contribution is 2.40. The van der Waals surface area contributed by atoms with Crippen LogP contribution in [0.5, 0.6) is 0 Å². The molecule has 0 unspecified atom stereocenters. The van der Waals surface area contributed by atoms with Crippen molar-refractivity contribution in [3.8, 4) is 0 Å². The summed E-state index contributed by atoms with van der Waals surface area (Å²) < 4.78 is 0. The lowest BCUT2D eigenvalue weighted by Gasteiger charge is -2.27. The molecule has 74 valence electrons. The van der Waals surface area contributed by atoms with E-state index in [4.69, 9.17) is 18.0 Å². The fraction of sp³-hybridized carbons (Fsp3) is 0.455. The number of hydrogen-bond donors (Lipinski definition) is 1. The summed E-state index contributed by atoms with van der Waals surface area (Å²) in [6, 6.07) is 4.03. The number of aromatic nitrogens is 1. The zero-order valence-corrected chi connectivity index (χ0v) is 8.89. The summed E-state index contributed by atoms with van der Waals surface area (Å²) in [7, 11) is 0. The second-order valence-electron chi connectivity index (χ2n) is 3.90. The van der Waals surface area contributed by atoms with Crippen molar-refractivity contribution in [2.24, 2.45) is 5.73 Å². The van der Waals surface area contributed by atoms with Crippen molar-refractivity contribution in [3.05, 3.63) is 30.1 Å². The Labute approximate surface area is 89.5 Å². The number of nitrogens with two attached hydrogens (primary N) is 1. The van der Waals surface area contributed by atoms with E-state index in [1.54, 1.807) is 6.20 Å². The van der Waals surface area contributed by atoms with Gasteiger partial charge in [-0.3, -0.25) is 4.98 Å². The monoisotopic (exact) mass is 206 g/mol. The van der Waals surface area contributed by atoms with Gasteiger partial charge < -0.3 is 5.73 Å². The van der Waals surface area contributed by atoms with Crippen LogP contribution < -0.4 is 5.73 Å². The molecule has 3 heteroatoms. The molecule has 0 radical (unpaired) electrons. The number of rotatable bonds is 2. The average Bonchev–Trinajstić information content (AvgIpc) is 2.69. The van der Waals surface area contributed by atoms with Crippen molar-refractivity contribution in [2.75, 3.05) is 0 Å². The van der Waals surface area contributed by atoms with E-state index in [9.17, 15) is 0 Å². The number of pyridine rings is 1. The molecule has 14 heavy (non-hydrogen) atoms. The van der Waals surface area contributed by atoms with Crippen LogP contribution in [-0.4, -0.2) is 9.97 Å². The lowest BCUT2D eigenvalue weighted by Crippen LogP contribution is -2.37. The van der Waals surface area contributed by atoms with Gasteiger partial charge in [0.2, 0.25) is 0 Å². The Morgan fingerprint density at radius 2 is 2.14 bits per heavy atom. The molecule has 0 atom stereocenters. The molecule has 2 N–H and O–H groups in total. The third-order valence-corrected chi connectivity index (χ3v) is 3.53. The maximum Gasteiger partial charge on any atom is 0.0835 e. The van der Waals surface area contributed by atoms with E-state index in [-0.39, 0.29) is 5.41 Å². The van der Waals surface area contributed by atoms with Crippen molar-refractivity contribution < 1.29 is 0 Å². The van der Waals surface area contributed by atoms with Crippen LogP contribution in [0.25, 0.3) is 0 Å². The summed E-state index contributed by atoms with van der Waals surface area (Å²) in [5.41, 5.74) is 6.99. The standard InChI is InChI=1S/C11H14N2S/c12-10(14)11(5-1-2-6-11)9-4-3-7-13-8-9/h3-4,7-8H,1-2,5-6H2,(H2,12,14). The topological polar surface area (TPSA) is 38.9 Å². The van der Waals surface area contributed by atoms with E-state index < -0.39 is 0 Å². The summed E-state index contributed by atoms with van der Waals surface area (Å²) in [5.74, 6) is 0. The molecule has 0 amide bonds. The van der Waals surface area contributed by atoms with Gasteiger partial charge in [-0.2, -0.15) is 0 Å². The first-order valence-electron chi connectivity index (χ1n) is 4.96.